The van der Waals surface area contributed by atoms with E-state index in [4.69, 9.17) is 9.84 Å². The van der Waals surface area contributed by atoms with Gasteiger partial charge in [-0.3, -0.25) is 4.79 Å². The van der Waals surface area contributed by atoms with Crippen LogP contribution in [0.2, 0.25) is 0 Å². The predicted octanol–water partition coefficient (Wildman–Crippen LogP) is 1.35. The number of ether oxygens (including phenoxy) is 1. The molecule has 0 aliphatic rings. The predicted molar refractivity (Wildman–Crippen MR) is 46.7 cm³/mol. The van der Waals surface area contributed by atoms with Crippen molar-refractivity contribution < 1.29 is 14.6 Å². The Morgan fingerprint density at radius 2 is 2.08 bits per heavy atom. The van der Waals surface area contributed by atoms with Crippen LogP contribution in [0.15, 0.2) is 0 Å². The standard InChI is InChI=1S/C9H18O3/c1-4-5-6-12-8(11)9(2,3)7-10/h10H,4-7H2,1-3H3. The van der Waals surface area contributed by atoms with E-state index in [1.54, 1.807) is 13.8 Å². The number of unbranched alkanes of at least 4 members (excludes halogenated alkanes) is 1. The number of rotatable bonds is 5. The van der Waals surface area contributed by atoms with Crippen molar-refractivity contribution >= 4 is 5.97 Å². The van der Waals surface area contributed by atoms with Crippen LogP contribution in [-0.4, -0.2) is 24.3 Å². The number of hydrogen-bond donors (Lipinski definition) is 1. The zero-order chi connectivity index (χ0) is 9.61. The molecule has 0 aromatic carbocycles. The molecule has 72 valence electrons. The lowest BCUT2D eigenvalue weighted by Gasteiger charge is -2.19. The van der Waals surface area contributed by atoms with Crippen LogP contribution in [0.1, 0.15) is 33.6 Å². The number of aliphatic hydroxyl groups is 1. The zero-order valence-electron chi connectivity index (χ0n) is 8.09. The van der Waals surface area contributed by atoms with Crippen LogP contribution in [0.3, 0.4) is 0 Å². The van der Waals surface area contributed by atoms with E-state index in [9.17, 15) is 4.79 Å². The second-order valence-corrected chi connectivity index (χ2v) is 3.53. The molecule has 0 rings (SSSR count). The Morgan fingerprint density at radius 1 is 1.50 bits per heavy atom. The van der Waals surface area contributed by atoms with Crippen LogP contribution in [0, 0.1) is 5.41 Å². The van der Waals surface area contributed by atoms with Gasteiger partial charge in [-0.1, -0.05) is 13.3 Å². The zero-order valence-corrected chi connectivity index (χ0v) is 8.09. The SMILES string of the molecule is CCCCOC(=O)C(C)(C)CO. The molecule has 0 aromatic heterocycles. The molecule has 0 atom stereocenters. The van der Waals surface area contributed by atoms with Crippen molar-refractivity contribution in [2.24, 2.45) is 5.41 Å². The maximum absolute atomic E-state index is 11.2. The average Bonchev–Trinajstić information content (AvgIpc) is 2.05. The molecular formula is C9H18O3. The third-order valence-electron chi connectivity index (χ3n) is 1.68. The molecule has 0 aromatic rings. The van der Waals surface area contributed by atoms with Crippen LogP contribution >= 0.6 is 0 Å². The molecule has 0 spiro atoms. The first-order valence-corrected chi connectivity index (χ1v) is 4.32. The summed E-state index contributed by atoms with van der Waals surface area (Å²) < 4.78 is 4.94. The fourth-order valence-corrected chi connectivity index (χ4v) is 0.569. The highest BCUT2D eigenvalue weighted by atomic mass is 16.5. The fourth-order valence-electron chi connectivity index (χ4n) is 0.569. The minimum atomic E-state index is -0.756. The molecule has 0 aliphatic heterocycles. The van der Waals surface area contributed by atoms with E-state index in [2.05, 4.69) is 0 Å². The van der Waals surface area contributed by atoms with E-state index >= 15 is 0 Å². The van der Waals surface area contributed by atoms with E-state index in [-0.39, 0.29) is 12.6 Å². The minimum Gasteiger partial charge on any atom is -0.465 e. The van der Waals surface area contributed by atoms with Gasteiger partial charge in [0.2, 0.25) is 0 Å². The highest BCUT2D eigenvalue weighted by Crippen LogP contribution is 2.15. The molecule has 0 bridgehead atoms. The van der Waals surface area contributed by atoms with E-state index in [0.29, 0.717) is 6.61 Å². The van der Waals surface area contributed by atoms with Crippen LogP contribution in [0.4, 0.5) is 0 Å². The second-order valence-electron chi connectivity index (χ2n) is 3.53. The van der Waals surface area contributed by atoms with Crippen molar-refractivity contribution in [3.8, 4) is 0 Å². The van der Waals surface area contributed by atoms with Gasteiger partial charge in [0.15, 0.2) is 0 Å². The Bertz CT molecular complexity index is 141. The second kappa shape index (κ2) is 5.14. The molecular weight excluding hydrogens is 156 g/mol. The molecule has 0 aliphatic carbocycles. The summed E-state index contributed by atoms with van der Waals surface area (Å²) in [4.78, 5) is 11.2. The van der Waals surface area contributed by atoms with Crippen molar-refractivity contribution in [3.63, 3.8) is 0 Å². The van der Waals surface area contributed by atoms with E-state index in [1.165, 1.54) is 0 Å². The van der Waals surface area contributed by atoms with Crippen LogP contribution in [0.5, 0.6) is 0 Å². The molecule has 12 heavy (non-hydrogen) atoms. The molecule has 1 N–H and O–H groups in total. The molecule has 0 fully saturated rings. The van der Waals surface area contributed by atoms with Gasteiger partial charge in [0.25, 0.3) is 0 Å². The molecule has 3 nitrogen and oxygen atoms in total. The summed E-state index contributed by atoms with van der Waals surface area (Å²) in [7, 11) is 0. The molecule has 0 saturated carbocycles. The summed E-state index contributed by atoms with van der Waals surface area (Å²) >= 11 is 0. The van der Waals surface area contributed by atoms with E-state index in [0.717, 1.165) is 12.8 Å². The van der Waals surface area contributed by atoms with Crippen molar-refractivity contribution in [1.82, 2.24) is 0 Å². The van der Waals surface area contributed by atoms with Crippen molar-refractivity contribution in [3.05, 3.63) is 0 Å². The summed E-state index contributed by atoms with van der Waals surface area (Å²) in [6, 6.07) is 0. The smallest absolute Gasteiger partial charge is 0.313 e. The number of carbonyl (C=O) groups is 1. The number of esters is 1. The molecule has 0 amide bonds. The van der Waals surface area contributed by atoms with Gasteiger partial charge in [-0.25, -0.2) is 0 Å². The Labute approximate surface area is 73.7 Å². The van der Waals surface area contributed by atoms with Gasteiger partial charge in [-0.15, -0.1) is 0 Å². The molecule has 0 unspecified atom stereocenters. The van der Waals surface area contributed by atoms with Crippen molar-refractivity contribution in [2.45, 2.75) is 33.6 Å². The number of hydrogen-bond acceptors (Lipinski definition) is 3. The molecule has 0 heterocycles. The van der Waals surface area contributed by atoms with Gasteiger partial charge in [-0.05, 0) is 20.3 Å². The van der Waals surface area contributed by atoms with Gasteiger partial charge >= 0.3 is 5.97 Å². The lowest BCUT2D eigenvalue weighted by atomic mass is 9.95. The first-order valence-electron chi connectivity index (χ1n) is 4.32. The summed E-state index contributed by atoms with van der Waals surface area (Å²) in [5, 5.41) is 8.82. The van der Waals surface area contributed by atoms with Gasteiger partial charge in [0.1, 0.15) is 0 Å². The third-order valence-corrected chi connectivity index (χ3v) is 1.68. The first-order chi connectivity index (χ1) is 5.54. The Balaban J connectivity index is 3.72. The molecule has 0 radical (unpaired) electrons. The number of aliphatic hydroxyl groups excluding tert-OH is 1. The average molecular weight is 174 g/mol. The quantitative estimate of drug-likeness (QED) is 0.505. The first kappa shape index (κ1) is 11.4. The summed E-state index contributed by atoms with van der Waals surface area (Å²) in [6.07, 6.45) is 1.89. The monoisotopic (exact) mass is 174 g/mol. The van der Waals surface area contributed by atoms with Gasteiger partial charge in [0.05, 0.1) is 18.6 Å². The largest absolute Gasteiger partial charge is 0.465 e. The maximum atomic E-state index is 11.2. The maximum Gasteiger partial charge on any atom is 0.313 e. The number of carbonyl (C=O) groups excluding carboxylic acids is 1. The van der Waals surface area contributed by atoms with Crippen LogP contribution in [-0.2, 0) is 9.53 Å². The Kier molecular flexibility index (Phi) is 4.90. The molecule has 0 saturated heterocycles. The van der Waals surface area contributed by atoms with Crippen molar-refractivity contribution in [2.75, 3.05) is 13.2 Å². The van der Waals surface area contributed by atoms with E-state index < -0.39 is 5.41 Å². The summed E-state index contributed by atoms with van der Waals surface area (Å²) in [6.45, 7) is 5.66. The fraction of sp³-hybridized carbons (Fsp3) is 0.889. The van der Waals surface area contributed by atoms with Gasteiger partial charge < -0.3 is 9.84 Å². The van der Waals surface area contributed by atoms with Gasteiger partial charge in [0, 0.05) is 0 Å². The highest BCUT2D eigenvalue weighted by Gasteiger charge is 2.27. The topological polar surface area (TPSA) is 46.5 Å². The molecule has 3 heteroatoms. The highest BCUT2D eigenvalue weighted by molar-refractivity contribution is 5.75. The van der Waals surface area contributed by atoms with E-state index in [1.807, 2.05) is 6.92 Å². The van der Waals surface area contributed by atoms with Crippen LogP contribution in [0.25, 0.3) is 0 Å². The lowest BCUT2D eigenvalue weighted by Crippen LogP contribution is -2.30. The van der Waals surface area contributed by atoms with Gasteiger partial charge in [-0.2, -0.15) is 0 Å². The Morgan fingerprint density at radius 3 is 2.50 bits per heavy atom. The normalized spacial score (nSPS) is 11.3. The Hall–Kier alpha value is -0.570. The summed E-state index contributed by atoms with van der Waals surface area (Å²) in [5.74, 6) is -0.321. The van der Waals surface area contributed by atoms with Crippen LogP contribution < -0.4 is 0 Å². The third kappa shape index (κ3) is 3.72. The minimum absolute atomic E-state index is 0.169. The lowest BCUT2D eigenvalue weighted by molar-refractivity contribution is -0.156. The van der Waals surface area contributed by atoms with Crippen molar-refractivity contribution in [1.29, 1.82) is 0 Å². The summed E-state index contributed by atoms with van der Waals surface area (Å²) in [5.41, 5.74) is -0.756.